The summed E-state index contributed by atoms with van der Waals surface area (Å²) >= 11 is 0. The Morgan fingerprint density at radius 2 is 2.06 bits per heavy atom. The van der Waals surface area contributed by atoms with Gasteiger partial charge in [-0.2, -0.15) is 0 Å². The summed E-state index contributed by atoms with van der Waals surface area (Å²) in [5, 5.41) is 8.93. The first-order valence-electron chi connectivity index (χ1n) is 5.35. The van der Waals surface area contributed by atoms with Crippen molar-refractivity contribution in [3.8, 4) is 0 Å². The summed E-state index contributed by atoms with van der Waals surface area (Å²) in [7, 11) is -3.33. The van der Waals surface area contributed by atoms with Crippen LogP contribution < -0.4 is 10.6 Å². The molecule has 0 amide bonds. The lowest BCUT2D eigenvalue weighted by Crippen LogP contribution is -2.26. The van der Waals surface area contributed by atoms with Crippen molar-refractivity contribution in [1.29, 1.82) is 0 Å². The van der Waals surface area contributed by atoms with Gasteiger partial charge >= 0.3 is 0 Å². The van der Waals surface area contributed by atoms with Crippen LogP contribution >= 0.6 is 0 Å². The standard InChI is InChI=1S/C11H18N2O3S/c1-3-13(6-7-14)9-4-5-10(12)11(8-9)17(2,15)16/h4-5,8,14H,3,6-7,12H2,1-2H3. The van der Waals surface area contributed by atoms with Gasteiger partial charge in [0.15, 0.2) is 9.84 Å². The number of likely N-dealkylation sites (N-methyl/N-ethyl adjacent to an activating group) is 1. The minimum atomic E-state index is -3.33. The van der Waals surface area contributed by atoms with Gasteiger partial charge in [-0.15, -0.1) is 0 Å². The lowest BCUT2D eigenvalue weighted by Gasteiger charge is -2.22. The van der Waals surface area contributed by atoms with Crippen molar-refractivity contribution in [1.82, 2.24) is 0 Å². The van der Waals surface area contributed by atoms with Gasteiger partial charge in [0.05, 0.1) is 17.2 Å². The van der Waals surface area contributed by atoms with E-state index in [1.165, 1.54) is 0 Å². The highest BCUT2D eigenvalue weighted by Crippen LogP contribution is 2.24. The lowest BCUT2D eigenvalue weighted by atomic mass is 10.2. The van der Waals surface area contributed by atoms with Crippen molar-refractivity contribution in [2.24, 2.45) is 0 Å². The zero-order valence-electron chi connectivity index (χ0n) is 10.0. The maximum atomic E-state index is 11.5. The monoisotopic (exact) mass is 258 g/mol. The van der Waals surface area contributed by atoms with E-state index in [4.69, 9.17) is 10.8 Å². The Balaban J connectivity index is 3.20. The van der Waals surface area contributed by atoms with Gasteiger partial charge in [-0.3, -0.25) is 0 Å². The zero-order valence-corrected chi connectivity index (χ0v) is 10.9. The van der Waals surface area contributed by atoms with Crippen molar-refractivity contribution in [3.63, 3.8) is 0 Å². The molecule has 0 aliphatic heterocycles. The first kappa shape index (κ1) is 13.8. The average Bonchev–Trinajstić information content (AvgIpc) is 2.25. The van der Waals surface area contributed by atoms with Gasteiger partial charge in [0, 0.05) is 25.0 Å². The molecule has 0 aromatic heterocycles. The van der Waals surface area contributed by atoms with Crippen LogP contribution in [0.5, 0.6) is 0 Å². The molecular formula is C11H18N2O3S. The molecule has 5 nitrogen and oxygen atoms in total. The van der Waals surface area contributed by atoms with Gasteiger partial charge in [0.25, 0.3) is 0 Å². The van der Waals surface area contributed by atoms with Gasteiger partial charge in [-0.05, 0) is 25.1 Å². The van der Waals surface area contributed by atoms with E-state index in [2.05, 4.69) is 0 Å². The van der Waals surface area contributed by atoms with Crippen molar-refractivity contribution in [3.05, 3.63) is 18.2 Å². The van der Waals surface area contributed by atoms with Crippen molar-refractivity contribution in [2.45, 2.75) is 11.8 Å². The Labute approximate surface area is 102 Å². The molecule has 0 aliphatic carbocycles. The van der Waals surface area contributed by atoms with Crippen molar-refractivity contribution in [2.75, 3.05) is 36.6 Å². The zero-order chi connectivity index (χ0) is 13.1. The third-order valence-corrected chi connectivity index (χ3v) is 3.67. The number of anilines is 2. The molecular weight excluding hydrogens is 240 g/mol. The molecule has 0 saturated carbocycles. The third kappa shape index (κ3) is 3.34. The largest absolute Gasteiger partial charge is 0.398 e. The maximum absolute atomic E-state index is 11.5. The van der Waals surface area contributed by atoms with Crippen LogP contribution in [0, 0.1) is 0 Å². The lowest BCUT2D eigenvalue weighted by molar-refractivity contribution is 0.302. The molecule has 0 atom stereocenters. The second-order valence-electron chi connectivity index (χ2n) is 3.80. The summed E-state index contributed by atoms with van der Waals surface area (Å²) in [6.07, 6.45) is 1.13. The number of nitrogens with zero attached hydrogens (tertiary/aromatic N) is 1. The van der Waals surface area contributed by atoms with Gasteiger partial charge in [-0.1, -0.05) is 0 Å². The molecule has 96 valence electrons. The second kappa shape index (κ2) is 5.37. The van der Waals surface area contributed by atoms with Gasteiger partial charge in [-0.25, -0.2) is 8.42 Å². The minimum Gasteiger partial charge on any atom is -0.398 e. The van der Waals surface area contributed by atoms with Gasteiger partial charge < -0.3 is 15.7 Å². The van der Waals surface area contributed by atoms with Crippen LogP contribution in [0.15, 0.2) is 23.1 Å². The van der Waals surface area contributed by atoms with E-state index in [0.29, 0.717) is 13.1 Å². The van der Waals surface area contributed by atoms with E-state index in [1.54, 1.807) is 18.2 Å². The summed E-state index contributed by atoms with van der Waals surface area (Å²) < 4.78 is 23.1. The van der Waals surface area contributed by atoms with Crippen LogP contribution in [0.25, 0.3) is 0 Å². The summed E-state index contributed by atoms with van der Waals surface area (Å²) in [4.78, 5) is 2.01. The van der Waals surface area contributed by atoms with E-state index in [1.807, 2.05) is 11.8 Å². The van der Waals surface area contributed by atoms with Crippen molar-refractivity contribution < 1.29 is 13.5 Å². The number of hydrogen-bond donors (Lipinski definition) is 2. The predicted molar refractivity (Wildman–Crippen MR) is 68.9 cm³/mol. The van der Waals surface area contributed by atoms with E-state index >= 15 is 0 Å². The summed E-state index contributed by atoms with van der Waals surface area (Å²) in [6, 6.07) is 4.87. The first-order valence-corrected chi connectivity index (χ1v) is 7.24. The molecule has 0 unspecified atom stereocenters. The van der Waals surface area contributed by atoms with E-state index < -0.39 is 9.84 Å². The Morgan fingerprint density at radius 1 is 1.41 bits per heavy atom. The number of nitrogens with two attached hydrogens (primary N) is 1. The molecule has 1 aromatic carbocycles. The fourth-order valence-electron chi connectivity index (χ4n) is 1.63. The molecule has 0 radical (unpaired) electrons. The molecule has 17 heavy (non-hydrogen) atoms. The normalized spacial score (nSPS) is 11.5. The molecule has 1 rings (SSSR count). The molecule has 6 heteroatoms. The molecule has 0 bridgehead atoms. The van der Waals surface area contributed by atoms with Crippen LogP contribution in [-0.2, 0) is 9.84 Å². The molecule has 0 spiro atoms. The Hall–Kier alpha value is -1.27. The third-order valence-electron chi connectivity index (χ3n) is 2.51. The SMILES string of the molecule is CCN(CCO)c1ccc(N)c(S(C)(=O)=O)c1. The van der Waals surface area contributed by atoms with Crippen LogP contribution in [0.4, 0.5) is 11.4 Å². The fourth-order valence-corrected chi connectivity index (χ4v) is 2.46. The molecule has 0 heterocycles. The number of aliphatic hydroxyl groups is 1. The smallest absolute Gasteiger partial charge is 0.177 e. The van der Waals surface area contributed by atoms with Gasteiger partial charge in [0.2, 0.25) is 0 Å². The molecule has 0 aliphatic rings. The van der Waals surface area contributed by atoms with Crippen LogP contribution in [0.1, 0.15) is 6.92 Å². The number of benzene rings is 1. The highest BCUT2D eigenvalue weighted by atomic mass is 32.2. The highest BCUT2D eigenvalue weighted by molar-refractivity contribution is 7.90. The minimum absolute atomic E-state index is 0.0203. The summed E-state index contributed by atoms with van der Waals surface area (Å²) in [6.45, 7) is 3.11. The molecule has 0 saturated heterocycles. The van der Waals surface area contributed by atoms with Crippen molar-refractivity contribution >= 4 is 21.2 Å². The number of aliphatic hydroxyl groups excluding tert-OH is 1. The van der Waals surface area contributed by atoms with Crippen LogP contribution in [0.3, 0.4) is 0 Å². The predicted octanol–water partition coefficient (Wildman–Crippen LogP) is 0.491. The number of rotatable bonds is 5. The fraction of sp³-hybridized carbons (Fsp3) is 0.455. The number of nitrogen functional groups attached to an aromatic ring is 1. The topological polar surface area (TPSA) is 83.6 Å². The molecule has 1 aromatic rings. The Morgan fingerprint density at radius 3 is 2.53 bits per heavy atom. The summed E-state index contributed by atoms with van der Waals surface area (Å²) in [5.74, 6) is 0. The average molecular weight is 258 g/mol. The first-order chi connectivity index (χ1) is 7.90. The van der Waals surface area contributed by atoms with Crippen LogP contribution in [-0.4, -0.2) is 39.5 Å². The number of hydrogen-bond acceptors (Lipinski definition) is 5. The Bertz CT molecular complexity index is 485. The number of sulfone groups is 1. The van der Waals surface area contributed by atoms with E-state index in [0.717, 1.165) is 11.9 Å². The molecule has 3 N–H and O–H groups in total. The summed E-state index contributed by atoms with van der Waals surface area (Å²) in [5.41, 5.74) is 6.64. The van der Waals surface area contributed by atoms with E-state index in [9.17, 15) is 8.42 Å². The quantitative estimate of drug-likeness (QED) is 0.751. The second-order valence-corrected chi connectivity index (χ2v) is 5.78. The van der Waals surface area contributed by atoms with Gasteiger partial charge in [0.1, 0.15) is 0 Å². The molecule has 0 fully saturated rings. The Kier molecular flexibility index (Phi) is 4.36. The van der Waals surface area contributed by atoms with Crippen LogP contribution in [0.2, 0.25) is 0 Å². The highest BCUT2D eigenvalue weighted by Gasteiger charge is 2.14. The van der Waals surface area contributed by atoms with E-state index in [-0.39, 0.29) is 17.2 Å². The maximum Gasteiger partial charge on any atom is 0.177 e.